The van der Waals surface area contributed by atoms with Crippen molar-refractivity contribution in [3.05, 3.63) is 40.8 Å². The number of aromatic nitrogens is 3. The SMILES string of the molecule is S=c1cc(C2CC2)[nH]c(-c2ccccn2)n1. The van der Waals surface area contributed by atoms with Crippen molar-refractivity contribution in [3.63, 3.8) is 0 Å². The van der Waals surface area contributed by atoms with Crippen LogP contribution in [0.3, 0.4) is 0 Å². The van der Waals surface area contributed by atoms with Gasteiger partial charge < -0.3 is 4.98 Å². The zero-order valence-corrected chi connectivity index (χ0v) is 9.50. The van der Waals surface area contributed by atoms with E-state index in [1.54, 1.807) is 6.20 Å². The van der Waals surface area contributed by atoms with Crippen molar-refractivity contribution in [2.45, 2.75) is 18.8 Å². The van der Waals surface area contributed by atoms with E-state index < -0.39 is 0 Å². The molecule has 0 unspecified atom stereocenters. The van der Waals surface area contributed by atoms with E-state index in [0.717, 1.165) is 11.5 Å². The Kier molecular flexibility index (Phi) is 2.29. The smallest absolute Gasteiger partial charge is 0.157 e. The summed E-state index contributed by atoms with van der Waals surface area (Å²) in [6.45, 7) is 0. The minimum absolute atomic E-state index is 0.640. The van der Waals surface area contributed by atoms with Crippen LogP contribution in [0.5, 0.6) is 0 Å². The highest BCUT2D eigenvalue weighted by atomic mass is 32.1. The van der Waals surface area contributed by atoms with Crippen LogP contribution in [-0.2, 0) is 0 Å². The zero-order valence-electron chi connectivity index (χ0n) is 8.68. The van der Waals surface area contributed by atoms with Crippen molar-refractivity contribution in [2.24, 2.45) is 0 Å². The topological polar surface area (TPSA) is 41.6 Å². The monoisotopic (exact) mass is 229 g/mol. The molecule has 0 aliphatic heterocycles. The van der Waals surface area contributed by atoms with E-state index in [1.165, 1.54) is 18.5 Å². The Balaban J connectivity index is 2.10. The molecule has 4 heteroatoms. The van der Waals surface area contributed by atoms with Crippen molar-refractivity contribution >= 4 is 12.2 Å². The lowest BCUT2D eigenvalue weighted by atomic mass is 10.2. The maximum Gasteiger partial charge on any atom is 0.157 e. The first kappa shape index (κ1) is 9.66. The van der Waals surface area contributed by atoms with Gasteiger partial charge in [-0.05, 0) is 37.0 Å². The van der Waals surface area contributed by atoms with Crippen LogP contribution in [0.25, 0.3) is 11.5 Å². The van der Waals surface area contributed by atoms with Crippen molar-refractivity contribution in [2.75, 3.05) is 0 Å². The molecule has 2 heterocycles. The van der Waals surface area contributed by atoms with E-state index in [9.17, 15) is 0 Å². The van der Waals surface area contributed by atoms with E-state index in [-0.39, 0.29) is 0 Å². The molecule has 1 aliphatic rings. The molecule has 1 N–H and O–H groups in total. The van der Waals surface area contributed by atoms with Crippen LogP contribution < -0.4 is 0 Å². The predicted molar refractivity (Wildman–Crippen MR) is 64.6 cm³/mol. The summed E-state index contributed by atoms with van der Waals surface area (Å²) in [5.74, 6) is 1.42. The number of pyridine rings is 1. The minimum Gasteiger partial charge on any atom is -0.342 e. The first-order valence-electron chi connectivity index (χ1n) is 5.35. The van der Waals surface area contributed by atoms with Crippen molar-refractivity contribution in [3.8, 4) is 11.5 Å². The maximum absolute atomic E-state index is 5.18. The van der Waals surface area contributed by atoms with Crippen LogP contribution >= 0.6 is 12.2 Å². The molecular weight excluding hydrogens is 218 g/mol. The lowest BCUT2D eigenvalue weighted by Crippen LogP contribution is -1.95. The second-order valence-corrected chi connectivity index (χ2v) is 4.43. The molecule has 0 amide bonds. The molecule has 0 aromatic carbocycles. The quantitative estimate of drug-likeness (QED) is 0.805. The number of aromatic amines is 1. The Morgan fingerprint density at radius 2 is 2.19 bits per heavy atom. The standard InChI is InChI=1S/C12H11N3S/c16-11-7-10(8-4-5-8)14-12(15-11)9-3-1-2-6-13-9/h1-3,6-8H,4-5H2,(H,14,15,16). The fourth-order valence-corrected chi connectivity index (χ4v) is 1.93. The van der Waals surface area contributed by atoms with E-state index in [0.29, 0.717) is 10.6 Å². The number of nitrogens with one attached hydrogen (secondary N) is 1. The average Bonchev–Trinajstić information content (AvgIpc) is 3.13. The first-order chi connectivity index (χ1) is 7.83. The number of nitrogens with zero attached hydrogens (tertiary/aromatic N) is 2. The maximum atomic E-state index is 5.18. The van der Waals surface area contributed by atoms with Gasteiger partial charge in [-0.25, -0.2) is 4.98 Å². The molecule has 16 heavy (non-hydrogen) atoms. The Morgan fingerprint density at radius 1 is 1.31 bits per heavy atom. The molecule has 0 radical (unpaired) electrons. The van der Waals surface area contributed by atoms with Gasteiger partial charge in [0.25, 0.3) is 0 Å². The first-order valence-corrected chi connectivity index (χ1v) is 5.76. The van der Waals surface area contributed by atoms with Crippen LogP contribution in [0.4, 0.5) is 0 Å². The van der Waals surface area contributed by atoms with Crippen LogP contribution in [0.1, 0.15) is 24.5 Å². The third-order valence-electron chi connectivity index (χ3n) is 2.69. The van der Waals surface area contributed by atoms with Gasteiger partial charge in [-0.15, -0.1) is 0 Å². The highest BCUT2D eigenvalue weighted by Gasteiger charge is 2.24. The molecule has 3 rings (SSSR count). The Labute approximate surface area is 98.6 Å². The summed E-state index contributed by atoms with van der Waals surface area (Å²) in [7, 11) is 0. The van der Waals surface area contributed by atoms with E-state index >= 15 is 0 Å². The second-order valence-electron chi connectivity index (χ2n) is 4.01. The lowest BCUT2D eigenvalue weighted by Gasteiger charge is -2.03. The Hall–Kier alpha value is -1.55. The highest BCUT2D eigenvalue weighted by Crippen LogP contribution is 2.39. The van der Waals surface area contributed by atoms with Gasteiger partial charge in [-0.1, -0.05) is 18.3 Å². The van der Waals surface area contributed by atoms with Crippen LogP contribution in [0.2, 0.25) is 0 Å². The summed E-state index contributed by atoms with van der Waals surface area (Å²) in [5, 5.41) is 0. The molecule has 0 spiro atoms. The summed E-state index contributed by atoms with van der Waals surface area (Å²) >= 11 is 5.18. The molecule has 1 fully saturated rings. The fraction of sp³-hybridized carbons (Fsp3) is 0.250. The van der Waals surface area contributed by atoms with Gasteiger partial charge in [-0.3, -0.25) is 4.98 Å². The van der Waals surface area contributed by atoms with E-state index in [2.05, 4.69) is 15.0 Å². The normalized spacial score (nSPS) is 15.0. The fourth-order valence-electron chi connectivity index (χ4n) is 1.71. The largest absolute Gasteiger partial charge is 0.342 e. The van der Waals surface area contributed by atoms with Crippen molar-refractivity contribution in [1.82, 2.24) is 15.0 Å². The van der Waals surface area contributed by atoms with Crippen LogP contribution in [0.15, 0.2) is 30.5 Å². The van der Waals surface area contributed by atoms with Gasteiger partial charge in [0, 0.05) is 11.9 Å². The Morgan fingerprint density at radius 3 is 2.88 bits per heavy atom. The van der Waals surface area contributed by atoms with E-state index in [4.69, 9.17) is 12.2 Å². The van der Waals surface area contributed by atoms with Crippen LogP contribution in [0, 0.1) is 4.64 Å². The van der Waals surface area contributed by atoms with Crippen molar-refractivity contribution < 1.29 is 0 Å². The van der Waals surface area contributed by atoms with E-state index in [1.807, 2.05) is 24.3 Å². The molecular formula is C12H11N3S. The third kappa shape index (κ3) is 1.88. The average molecular weight is 229 g/mol. The van der Waals surface area contributed by atoms with Gasteiger partial charge in [-0.2, -0.15) is 0 Å². The number of hydrogen-bond donors (Lipinski definition) is 1. The van der Waals surface area contributed by atoms with Gasteiger partial charge in [0.1, 0.15) is 10.3 Å². The molecule has 0 saturated heterocycles. The highest BCUT2D eigenvalue weighted by molar-refractivity contribution is 7.71. The van der Waals surface area contributed by atoms with Gasteiger partial charge in [0.05, 0.1) is 0 Å². The summed E-state index contributed by atoms with van der Waals surface area (Å²) < 4.78 is 0.640. The van der Waals surface area contributed by atoms with Crippen LogP contribution in [-0.4, -0.2) is 15.0 Å². The molecule has 3 nitrogen and oxygen atoms in total. The number of H-pyrrole nitrogens is 1. The van der Waals surface area contributed by atoms with Gasteiger partial charge >= 0.3 is 0 Å². The minimum atomic E-state index is 0.640. The lowest BCUT2D eigenvalue weighted by molar-refractivity contribution is 0.981. The summed E-state index contributed by atoms with van der Waals surface area (Å²) in [6.07, 6.45) is 4.26. The Bertz CT molecular complexity index is 558. The zero-order chi connectivity index (χ0) is 11.0. The summed E-state index contributed by atoms with van der Waals surface area (Å²) in [4.78, 5) is 11.9. The number of rotatable bonds is 2. The van der Waals surface area contributed by atoms with Gasteiger partial charge in [0.15, 0.2) is 5.82 Å². The summed E-state index contributed by atoms with van der Waals surface area (Å²) in [6, 6.07) is 7.73. The second kappa shape index (κ2) is 3.79. The van der Waals surface area contributed by atoms with Crippen molar-refractivity contribution in [1.29, 1.82) is 0 Å². The molecule has 80 valence electrons. The molecule has 2 aromatic rings. The molecule has 2 aromatic heterocycles. The number of hydrogen-bond acceptors (Lipinski definition) is 3. The molecule has 1 saturated carbocycles. The van der Waals surface area contributed by atoms with Gasteiger partial charge in [0.2, 0.25) is 0 Å². The molecule has 0 bridgehead atoms. The molecule has 0 atom stereocenters. The predicted octanol–water partition coefficient (Wildman–Crippen LogP) is 3.08. The summed E-state index contributed by atoms with van der Waals surface area (Å²) in [5.41, 5.74) is 2.04. The third-order valence-corrected chi connectivity index (χ3v) is 2.90. The molecule has 1 aliphatic carbocycles.